The molecule has 9 rings (SSSR count). The minimum atomic E-state index is -2.21. The number of ether oxygens (including phenoxy) is 10. The Morgan fingerprint density at radius 2 is 1.27 bits per heavy atom. The third-order valence-electron chi connectivity index (χ3n) is 22.2. The molecule has 26 heteroatoms. The van der Waals surface area contributed by atoms with Gasteiger partial charge in [-0.25, -0.2) is 9.59 Å². The van der Waals surface area contributed by atoms with E-state index >= 15 is 0 Å². The standard InChI is InChI=1S/C59H92O26/c1-11-24(2)49(75)85-46-47(78-25(3)62)59(23-61)27(18-54(46,4)5)26-12-13-32-56(8)16-15-34(55(6,7)31(56)14-17-57(32,9)58(26,10)19-33(59)65)80-53-45(84-51-40(71)38(69)37(68)30(20-60)79-51)42(41(72)43(82-53)48(73)74)81-52-44(36(67)29(64)22-77-52)83-50-39(70)35(66)28(63)21-76-50/h11-12,27-47,50-53,60-61,63-72H,13-23H2,1-10H3,(H,73,74)/b24-11+/t27-,28+,29-,30+,31-,32+,33+,34-,35-,36-,37-,38-,39+,40+,41-,42-,43-,44+,45+,46-,47-,50-,51-,52-,53?,56-,57+,58+,59-/m0/s1. The second-order valence-electron chi connectivity index (χ2n) is 27.6. The van der Waals surface area contributed by atoms with Gasteiger partial charge in [-0.05, 0) is 98.2 Å². The Hall–Kier alpha value is -2.91. The number of aliphatic hydroxyl groups is 12. The summed E-state index contributed by atoms with van der Waals surface area (Å²) in [5.41, 5.74) is -3.17. The van der Waals surface area contributed by atoms with E-state index < -0.39 is 218 Å². The van der Waals surface area contributed by atoms with Gasteiger partial charge in [0, 0.05) is 17.9 Å². The van der Waals surface area contributed by atoms with Gasteiger partial charge in [0.05, 0.1) is 44.1 Å². The summed E-state index contributed by atoms with van der Waals surface area (Å²) in [4.78, 5) is 39.6. The monoisotopic (exact) mass is 1220 g/mol. The van der Waals surface area contributed by atoms with Crippen LogP contribution in [0.3, 0.4) is 0 Å². The van der Waals surface area contributed by atoms with Crippen LogP contribution in [0.4, 0.5) is 0 Å². The molecule has 5 aliphatic carbocycles. The van der Waals surface area contributed by atoms with E-state index in [0.717, 1.165) is 5.57 Å². The number of aliphatic carboxylic acids is 1. The lowest BCUT2D eigenvalue weighted by Crippen LogP contribution is -2.72. The van der Waals surface area contributed by atoms with Crippen molar-refractivity contribution in [3.05, 3.63) is 23.3 Å². The molecule has 0 aromatic rings. The molecule has 0 radical (unpaired) electrons. The number of carboxylic acids is 1. The summed E-state index contributed by atoms with van der Waals surface area (Å²) < 4.78 is 60.9. The Bertz CT molecular complexity index is 2490. The van der Waals surface area contributed by atoms with Crippen molar-refractivity contribution < 1.29 is 128 Å². The molecule has 4 aliphatic heterocycles. The summed E-state index contributed by atoms with van der Waals surface area (Å²) in [6.45, 7) is 16.7. The van der Waals surface area contributed by atoms with Gasteiger partial charge in [0.15, 0.2) is 31.3 Å². The topological polar surface area (TPSA) is 407 Å². The minimum Gasteiger partial charge on any atom is -0.479 e. The summed E-state index contributed by atoms with van der Waals surface area (Å²) >= 11 is 0. The zero-order chi connectivity index (χ0) is 62.6. The van der Waals surface area contributed by atoms with Crippen LogP contribution in [0.2, 0.25) is 0 Å². The lowest BCUT2D eigenvalue weighted by Gasteiger charge is -2.72. The molecule has 4 saturated heterocycles. The van der Waals surface area contributed by atoms with Crippen LogP contribution in [0.5, 0.6) is 0 Å². The summed E-state index contributed by atoms with van der Waals surface area (Å²) in [5.74, 6) is -3.55. The Labute approximate surface area is 493 Å². The van der Waals surface area contributed by atoms with Crippen LogP contribution in [-0.2, 0) is 61.8 Å². The molecule has 4 saturated carbocycles. The molecule has 0 aromatic carbocycles. The van der Waals surface area contributed by atoms with Crippen molar-refractivity contribution in [1.82, 2.24) is 0 Å². The molecule has 26 nitrogen and oxygen atoms in total. The molecular weight excluding hydrogens is 1120 g/mol. The summed E-state index contributed by atoms with van der Waals surface area (Å²) in [6.07, 6.45) is -30.6. The van der Waals surface area contributed by atoms with Crippen molar-refractivity contribution in [1.29, 1.82) is 0 Å². The Morgan fingerprint density at radius 1 is 0.647 bits per heavy atom. The van der Waals surface area contributed by atoms with E-state index in [1.807, 2.05) is 27.7 Å². The molecule has 0 aromatic heterocycles. The quantitative estimate of drug-likeness (QED) is 0.0421. The van der Waals surface area contributed by atoms with Crippen LogP contribution < -0.4 is 0 Å². The normalized spacial score (nSPS) is 50.5. The highest BCUT2D eigenvalue weighted by Crippen LogP contribution is 2.76. The Balaban J connectivity index is 1.04. The highest BCUT2D eigenvalue weighted by atomic mass is 16.8. The van der Waals surface area contributed by atoms with Crippen molar-refractivity contribution in [2.24, 2.45) is 50.2 Å². The number of aliphatic hydroxyl groups excluding tert-OH is 12. The highest BCUT2D eigenvalue weighted by Gasteiger charge is 2.74. The average Bonchev–Trinajstić information content (AvgIpc) is 0.769. The molecule has 0 bridgehead atoms. The first kappa shape index (κ1) is 66.5. The largest absolute Gasteiger partial charge is 0.479 e. The van der Waals surface area contributed by atoms with E-state index in [1.165, 1.54) is 6.92 Å². The first-order chi connectivity index (χ1) is 39.7. The van der Waals surface area contributed by atoms with Crippen LogP contribution >= 0.6 is 0 Å². The molecule has 9 aliphatic rings. The zero-order valence-corrected chi connectivity index (χ0v) is 50.0. The molecule has 29 atom stereocenters. The van der Waals surface area contributed by atoms with Crippen LogP contribution in [0.1, 0.15) is 114 Å². The fraction of sp³-hybridized carbons (Fsp3) is 0.881. The maximum Gasteiger partial charge on any atom is 0.335 e. The van der Waals surface area contributed by atoms with E-state index in [9.17, 15) is 80.8 Å². The van der Waals surface area contributed by atoms with E-state index in [4.69, 9.17) is 47.4 Å². The molecule has 4 heterocycles. The van der Waals surface area contributed by atoms with Crippen LogP contribution in [-0.4, -0.2) is 246 Å². The molecule has 8 fully saturated rings. The van der Waals surface area contributed by atoms with Crippen LogP contribution in [0.25, 0.3) is 0 Å². The third-order valence-corrected chi connectivity index (χ3v) is 22.2. The number of carboxylic acid groups (broad SMARTS) is 1. The van der Waals surface area contributed by atoms with Crippen molar-refractivity contribution >= 4 is 17.9 Å². The van der Waals surface area contributed by atoms with E-state index in [2.05, 4.69) is 26.8 Å². The van der Waals surface area contributed by atoms with Gasteiger partial charge in [-0.2, -0.15) is 0 Å². The number of allylic oxidation sites excluding steroid dienone is 3. The number of hydrogen-bond donors (Lipinski definition) is 13. The van der Waals surface area contributed by atoms with Gasteiger partial charge >= 0.3 is 17.9 Å². The van der Waals surface area contributed by atoms with Gasteiger partial charge < -0.3 is 114 Å². The maximum atomic E-state index is 13.5. The third kappa shape index (κ3) is 11.1. The predicted octanol–water partition coefficient (Wildman–Crippen LogP) is -1.19. The number of rotatable bonds is 14. The van der Waals surface area contributed by atoms with E-state index in [-0.39, 0.29) is 18.3 Å². The fourth-order valence-corrected chi connectivity index (χ4v) is 17.1. The highest BCUT2D eigenvalue weighted by molar-refractivity contribution is 5.87. The number of esters is 2. The van der Waals surface area contributed by atoms with Gasteiger partial charge in [-0.1, -0.05) is 66.2 Å². The van der Waals surface area contributed by atoms with Crippen molar-refractivity contribution in [3.8, 4) is 0 Å². The van der Waals surface area contributed by atoms with Gasteiger partial charge in [0.2, 0.25) is 0 Å². The SMILES string of the molecule is C/C=C(\C)C(=O)O[C@H]1[C@H](OC(C)=O)[C@]2(CO)[C@H](O)C[C@]3(C)C(=CC[C@@H]4[C@@]5(C)CC[C@H](OC6O[C@H](C(=O)O)[C@@H](O)[C@H](O[C@@H]7OC[C@H](O)[C@H](O)[C@H]7O[C@@H]7OC[C@@H](O)[C@H](O)[C@H]7O)[C@H]6O[C@@H]6O[C@H](CO)[C@H](O)[C@H](O)[C@H]6O)C(C)(C)[C@@H]5CC[C@]43C)[C@@H]2CC1(C)C. The molecule has 484 valence electrons. The molecule has 1 unspecified atom stereocenters. The van der Waals surface area contributed by atoms with Gasteiger partial charge in [-0.3, -0.25) is 4.79 Å². The Morgan fingerprint density at radius 3 is 1.89 bits per heavy atom. The first-order valence-corrected chi connectivity index (χ1v) is 29.8. The summed E-state index contributed by atoms with van der Waals surface area (Å²) in [7, 11) is 0. The molecule has 0 amide bonds. The van der Waals surface area contributed by atoms with Gasteiger partial charge in [0.1, 0.15) is 91.6 Å². The second kappa shape index (κ2) is 24.4. The average molecular weight is 1220 g/mol. The number of hydrogen-bond acceptors (Lipinski definition) is 25. The predicted molar refractivity (Wildman–Crippen MR) is 288 cm³/mol. The number of fused-ring (bicyclic) bond motifs is 7. The number of carbonyl (C=O) groups excluding carboxylic acids is 2. The lowest BCUT2D eigenvalue weighted by atomic mass is 9.33. The molecular formula is C59H92O26. The van der Waals surface area contributed by atoms with Crippen LogP contribution in [0, 0.1) is 50.2 Å². The van der Waals surface area contributed by atoms with E-state index in [1.54, 1.807) is 19.9 Å². The number of carbonyl (C=O) groups is 3. The lowest BCUT2D eigenvalue weighted by molar-refractivity contribution is -0.399. The van der Waals surface area contributed by atoms with Gasteiger partial charge in [-0.15, -0.1) is 0 Å². The molecule has 0 spiro atoms. The smallest absolute Gasteiger partial charge is 0.335 e. The Kier molecular flexibility index (Phi) is 19.1. The second-order valence-corrected chi connectivity index (χ2v) is 27.6. The fourth-order valence-electron chi connectivity index (χ4n) is 17.1. The summed E-state index contributed by atoms with van der Waals surface area (Å²) in [5, 5.41) is 144. The van der Waals surface area contributed by atoms with Crippen molar-refractivity contribution in [2.75, 3.05) is 26.4 Å². The van der Waals surface area contributed by atoms with E-state index in [0.29, 0.717) is 44.1 Å². The molecule has 13 N–H and O–H groups in total. The maximum absolute atomic E-state index is 13.5. The van der Waals surface area contributed by atoms with Crippen LogP contribution in [0.15, 0.2) is 23.3 Å². The van der Waals surface area contributed by atoms with Gasteiger partial charge in [0.25, 0.3) is 0 Å². The zero-order valence-electron chi connectivity index (χ0n) is 50.0. The van der Waals surface area contributed by atoms with Crippen molar-refractivity contribution in [3.63, 3.8) is 0 Å². The summed E-state index contributed by atoms with van der Waals surface area (Å²) in [6, 6.07) is 0. The molecule has 85 heavy (non-hydrogen) atoms. The minimum absolute atomic E-state index is 0.00886. The van der Waals surface area contributed by atoms with Crippen molar-refractivity contribution in [2.45, 2.75) is 249 Å². The first-order valence-electron chi connectivity index (χ1n) is 29.8.